The topological polar surface area (TPSA) is 12.4 Å². The van der Waals surface area contributed by atoms with Crippen molar-refractivity contribution in [3.8, 4) is 0 Å². The number of nitrogens with zero attached hydrogens (tertiary/aromatic N) is 1. The molecule has 120 valence electrons. The van der Waals surface area contributed by atoms with E-state index in [0.717, 1.165) is 18.4 Å². The number of unbranched alkanes of at least 4 members (excludes halogenated alkanes) is 2. The van der Waals surface area contributed by atoms with Crippen LogP contribution in [0.5, 0.6) is 0 Å². The van der Waals surface area contributed by atoms with E-state index in [0.29, 0.717) is 0 Å². The molecule has 0 heterocycles. The third-order valence-electron chi connectivity index (χ3n) is 4.18. The van der Waals surface area contributed by atoms with Gasteiger partial charge in [-0.05, 0) is 61.8 Å². The van der Waals surface area contributed by atoms with E-state index in [1.54, 1.807) is 0 Å². The van der Waals surface area contributed by atoms with Crippen LogP contribution in [0.1, 0.15) is 57.6 Å². The molecule has 1 nitrogen and oxygen atoms in total. The monoisotopic (exact) mass is 297 g/mol. The minimum absolute atomic E-state index is 1.02. The van der Waals surface area contributed by atoms with Crippen molar-refractivity contribution < 1.29 is 0 Å². The Labute approximate surface area is 136 Å². The first-order valence-electron chi connectivity index (χ1n) is 8.44. The van der Waals surface area contributed by atoms with Crippen LogP contribution in [0.4, 0.5) is 0 Å². The smallest absolute Gasteiger partial charge is 0.0277 e. The summed E-state index contributed by atoms with van der Waals surface area (Å²) in [5.74, 6) is 0. The number of benzene rings is 1. The Morgan fingerprint density at radius 3 is 2.14 bits per heavy atom. The Kier molecular flexibility index (Phi) is 8.50. The van der Waals surface area contributed by atoms with Crippen molar-refractivity contribution in [3.63, 3.8) is 0 Å². The normalized spacial score (nSPS) is 12.5. The summed E-state index contributed by atoms with van der Waals surface area (Å²) in [7, 11) is 1.83. The third kappa shape index (κ3) is 6.43. The maximum Gasteiger partial charge on any atom is 0.0277 e. The lowest BCUT2D eigenvalue weighted by Gasteiger charge is -2.09. The summed E-state index contributed by atoms with van der Waals surface area (Å²) in [6.07, 6.45) is 9.17. The van der Waals surface area contributed by atoms with E-state index in [-0.39, 0.29) is 0 Å². The minimum atomic E-state index is 1.02. The van der Waals surface area contributed by atoms with Gasteiger partial charge in [-0.25, -0.2) is 0 Å². The molecule has 0 bridgehead atoms. The lowest BCUT2D eigenvalue weighted by molar-refractivity contribution is 0.717. The molecule has 1 rings (SSSR count). The molecule has 0 radical (unpaired) electrons. The van der Waals surface area contributed by atoms with E-state index in [9.17, 15) is 0 Å². The molecule has 0 spiro atoms. The van der Waals surface area contributed by atoms with Gasteiger partial charge in [0, 0.05) is 13.3 Å². The minimum Gasteiger partial charge on any atom is -0.296 e. The Hall–Kier alpha value is -1.63. The molecular formula is C21H31N. The number of allylic oxidation sites excluding steroid dienone is 3. The number of rotatable bonds is 9. The standard InChI is InChI=1S/C21H31N/c1-6-7-8-9-19-10-12-20(13-11-19)14-15-21(16-22-5)18(4)17(2)3/h10-13,16H,2,6-9,14-15H2,1,3-5H3/b21-18-,22-16-. The Bertz CT molecular complexity index is 517. The fraction of sp³-hybridized carbons (Fsp3) is 0.476. The lowest BCUT2D eigenvalue weighted by Crippen LogP contribution is -1.96. The van der Waals surface area contributed by atoms with E-state index in [1.807, 2.05) is 13.3 Å². The van der Waals surface area contributed by atoms with Crippen LogP contribution in [-0.4, -0.2) is 13.3 Å². The van der Waals surface area contributed by atoms with Crippen LogP contribution in [0.3, 0.4) is 0 Å². The molecule has 1 heteroatoms. The second kappa shape index (κ2) is 10.2. The van der Waals surface area contributed by atoms with Gasteiger partial charge in [0.1, 0.15) is 0 Å². The highest BCUT2D eigenvalue weighted by Gasteiger charge is 2.03. The molecule has 0 aliphatic rings. The van der Waals surface area contributed by atoms with Crippen LogP contribution in [0.25, 0.3) is 0 Å². The highest BCUT2D eigenvalue weighted by Crippen LogP contribution is 2.17. The number of aryl methyl sites for hydroxylation is 2. The van der Waals surface area contributed by atoms with Gasteiger partial charge in [0.2, 0.25) is 0 Å². The maximum atomic E-state index is 4.18. The van der Waals surface area contributed by atoms with Crippen molar-refractivity contribution in [1.29, 1.82) is 0 Å². The maximum absolute atomic E-state index is 4.18. The van der Waals surface area contributed by atoms with Crippen molar-refractivity contribution in [2.75, 3.05) is 7.05 Å². The lowest BCUT2D eigenvalue weighted by atomic mass is 9.97. The number of hydrogen-bond donors (Lipinski definition) is 0. The molecule has 1 aromatic rings. The first-order chi connectivity index (χ1) is 10.6. The molecule has 0 N–H and O–H groups in total. The predicted octanol–water partition coefficient (Wildman–Crippen LogP) is 5.95. The van der Waals surface area contributed by atoms with Gasteiger partial charge in [-0.1, -0.05) is 56.2 Å². The average Bonchev–Trinajstić information content (AvgIpc) is 2.52. The summed E-state index contributed by atoms with van der Waals surface area (Å²) >= 11 is 0. The molecule has 0 fully saturated rings. The number of aliphatic imine (C=N–C) groups is 1. The van der Waals surface area contributed by atoms with E-state index in [2.05, 4.69) is 56.6 Å². The van der Waals surface area contributed by atoms with Gasteiger partial charge >= 0.3 is 0 Å². The summed E-state index contributed by atoms with van der Waals surface area (Å²) in [6, 6.07) is 9.12. The third-order valence-corrected chi connectivity index (χ3v) is 4.18. The fourth-order valence-corrected chi connectivity index (χ4v) is 2.51. The largest absolute Gasteiger partial charge is 0.296 e. The van der Waals surface area contributed by atoms with E-state index in [4.69, 9.17) is 0 Å². The molecule has 0 atom stereocenters. The molecular weight excluding hydrogens is 266 g/mol. The van der Waals surface area contributed by atoms with E-state index >= 15 is 0 Å². The van der Waals surface area contributed by atoms with Crippen molar-refractivity contribution in [2.45, 2.75) is 59.3 Å². The van der Waals surface area contributed by atoms with Gasteiger partial charge in [0.15, 0.2) is 0 Å². The molecule has 22 heavy (non-hydrogen) atoms. The van der Waals surface area contributed by atoms with Gasteiger partial charge in [-0.15, -0.1) is 0 Å². The van der Waals surface area contributed by atoms with Crippen molar-refractivity contribution in [2.24, 2.45) is 4.99 Å². The highest BCUT2D eigenvalue weighted by atomic mass is 14.6. The molecule has 0 saturated heterocycles. The van der Waals surface area contributed by atoms with Crippen LogP contribution >= 0.6 is 0 Å². The van der Waals surface area contributed by atoms with Crippen molar-refractivity contribution in [1.82, 2.24) is 0 Å². The summed E-state index contributed by atoms with van der Waals surface area (Å²) in [6.45, 7) is 10.5. The molecule has 0 aromatic heterocycles. The van der Waals surface area contributed by atoms with Crippen LogP contribution in [0.2, 0.25) is 0 Å². The van der Waals surface area contributed by atoms with Gasteiger partial charge < -0.3 is 0 Å². The van der Waals surface area contributed by atoms with E-state index < -0.39 is 0 Å². The van der Waals surface area contributed by atoms with Crippen LogP contribution in [0, 0.1) is 0 Å². The number of hydrogen-bond acceptors (Lipinski definition) is 1. The predicted molar refractivity (Wildman–Crippen MR) is 99.9 cm³/mol. The molecule has 0 aliphatic heterocycles. The van der Waals surface area contributed by atoms with Crippen molar-refractivity contribution in [3.05, 3.63) is 58.7 Å². The quantitative estimate of drug-likeness (QED) is 0.303. The van der Waals surface area contributed by atoms with Gasteiger partial charge in [-0.3, -0.25) is 4.99 Å². The van der Waals surface area contributed by atoms with Crippen LogP contribution in [0.15, 0.2) is 52.6 Å². The second-order valence-corrected chi connectivity index (χ2v) is 6.09. The molecule has 1 aromatic carbocycles. The average molecular weight is 297 g/mol. The van der Waals surface area contributed by atoms with Gasteiger partial charge in [-0.2, -0.15) is 0 Å². The molecule has 0 amide bonds. The highest BCUT2D eigenvalue weighted by molar-refractivity contribution is 5.80. The summed E-state index contributed by atoms with van der Waals surface area (Å²) < 4.78 is 0. The first kappa shape index (κ1) is 18.4. The molecule has 0 unspecified atom stereocenters. The van der Waals surface area contributed by atoms with Crippen LogP contribution < -0.4 is 0 Å². The Balaban J connectivity index is 2.63. The van der Waals surface area contributed by atoms with Crippen molar-refractivity contribution >= 4 is 6.21 Å². The van der Waals surface area contributed by atoms with E-state index in [1.165, 1.54) is 48.0 Å². The summed E-state index contributed by atoms with van der Waals surface area (Å²) in [5, 5.41) is 0. The second-order valence-electron chi connectivity index (χ2n) is 6.09. The van der Waals surface area contributed by atoms with Gasteiger partial charge in [0.25, 0.3) is 0 Å². The summed E-state index contributed by atoms with van der Waals surface area (Å²) in [4.78, 5) is 4.18. The zero-order valence-electron chi connectivity index (χ0n) is 14.8. The Morgan fingerprint density at radius 1 is 1.05 bits per heavy atom. The fourth-order valence-electron chi connectivity index (χ4n) is 2.51. The molecule has 0 aliphatic carbocycles. The zero-order valence-corrected chi connectivity index (χ0v) is 14.8. The van der Waals surface area contributed by atoms with Crippen LogP contribution in [-0.2, 0) is 12.8 Å². The SMILES string of the molecule is C=C(C)/C(C)=C(\C=N/C)CCc1ccc(CCCCC)cc1. The molecule has 0 saturated carbocycles. The van der Waals surface area contributed by atoms with Gasteiger partial charge in [0.05, 0.1) is 0 Å². The Morgan fingerprint density at radius 2 is 1.64 bits per heavy atom. The first-order valence-corrected chi connectivity index (χ1v) is 8.44. The summed E-state index contributed by atoms with van der Waals surface area (Å²) in [5.41, 5.74) is 6.54. The zero-order chi connectivity index (χ0) is 16.4.